The third kappa shape index (κ3) is 2.59. The Kier molecular flexibility index (Phi) is 3.54. The molecule has 0 spiro atoms. The van der Waals surface area contributed by atoms with Gasteiger partial charge in [-0.2, -0.15) is 0 Å². The van der Waals surface area contributed by atoms with Crippen molar-refractivity contribution in [3.8, 4) is 0 Å². The van der Waals surface area contributed by atoms with Crippen LogP contribution < -0.4 is 10.6 Å². The van der Waals surface area contributed by atoms with Gasteiger partial charge in [0.15, 0.2) is 0 Å². The van der Waals surface area contributed by atoms with E-state index < -0.39 is 0 Å². The number of morpholine rings is 1. The van der Waals surface area contributed by atoms with Crippen molar-refractivity contribution in [2.24, 2.45) is 0 Å². The maximum absolute atomic E-state index is 11.9. The van der Waals surface area contributed by atoms with Crippen LogP contribution in [0, 0.1) is 6.92 Å². The predicted octanol–water partition coefficient (Wildman–Crippen LogP) is 0.922. The summed E-state index contributed by atoms with van der Waals surface area (Å²) in [5.41, 5.74) is 1.92. The van der Waals surface area contributed by atoms with E-state index in [2.05, 4.69) is 10.6 Å². The first kappa shape index (κ1) is 11.1. The summed E-state index contributed by atoms with van der Waals surface area (Å²) < 4.78 is 5.25. The van der Waals surface area contributed by atoms with Crippen LogP contribution in [0.15, 0.2) is 24.3 Å². The lowest BCUT2D eigenvalue weighted by Crippen LogP contribution is -2.48. The number of para-hydroxylation sites is 1. The average molecular weight is 220 g/mol. The predicted molar refractivity (Wildman–Crippen MR) is 62.4 cm³/mol. The Morgan fingerprint density at radius 3 is 3.00 bits per heavy atom. The second kappa shape index (κ2) is 5.09. The zero-order valence-corrected chi connectivity index (χ0v) is 9.32. The molecule has 16 heavy (non-hydrogen) atoms. The van der Waals surface area contributed by atoms with Gasteiger partial charge in [0.1, 0.15) is 6.04 Å². The molecule has 1 aliphatic rings. The number of rotatable bonds is 2. The third-order valence-electron chi connectivity index (χ3n) is 2.64. The van der Waals surface area contributed by atoms with Crippen molar-refractivity contribution in [2.45, 2.75) is 13.0 Å². The summed E-state index contributed by atoms with van der Waals surface area (Å²) in [7, 11) is 0. The fourth-order valence-corrected chi connectivity index (χ4v) is 1.67. The number of carbonyl (C=O) groups is 1. The molecular weight excluding hydrogens is 204 g/mol. The molecule has 0 aromatic heterocycles. The molecule has 0 bridgehead atoms. The summed E-state index contributed by atoms with van der Waals surface area (Å²) in [4.78, 5) is 11.9. The molecule has 1 amide bonds. The van der Waals surface area contributed by atoms with Crippen molar-refractivity contribution >= 4 is 11.6 Å². The van der Waals surface area contributed by atoms with Crippen molar-refractivity contribution in [3.05, 3.63) is 29.8 Å². The minimum absolute atomic E-state index is 0.0333. The second-order valence-electron chi connectivity index (χ2n) is 3.89. The fraction of sp³-hybridized carbons (Fsp3) is 0.417. The van der Waals surface area contributed by atoms with E-state index in [9.17, 15) is 4.79 Å². The molecule has 1 atom stereocenters. The quantitative estimate of drug-likeness (QED) is 0.779. The first-order valence-corrected chi connectivity index (χ1v) is 5.45. The molecule has 0 saturated carbocycles. The number of benzene rings is 1. The number of carbonyl (C=O) groups excluding carboxylic acids is 1. The lowest BCUT2D eigenvalue weighted by molar-refractivity contribution is -0.120. The van der Waals surface area contributed by atoms with Gasteiger partial charge in [0.05, 0.1) is 13.2 Å². The van der Waals surface area contributed by atoms with E-state index in [0.717, 1.165) is 17.8 Å². The normalized spacial score (nSPS) is 20.4. The van der Waals surface area contributed by atoms with Gasteiger partial charge in [0.2, 0.25) is 5.91 Å². The van der Waals surface area contributed by atoms with Gasteiger partial charge in [-0.25, -0.2) is 0 Å². The van der Waals surface area contributed by atoms with Crippen LogP contribution in [-0.4, -0.2) is 31.7 Å². The van der Waals surface area contributed by atoms with Crippen LogP contribution in [-0.2, 0) is 9.53 Å². The van der Waals surface area contributed by atoms with Gasteiger partial charge >= 0.3 is 0 Å². The smallest absolute Gasteiger partial charge is 0.243 e. The highest BCUT2D eigenvalue weighted by Crippen LogP contribution is 2.13. The van der Waals surface area contributed by atoms with Crippen LogP contribution in [0.3, 0.4) is 0 Å². The Morgan fingerprint density at radius 2 is 2.31 bits per heavy atom. The molecule has 1 aliphatic heterocycles. The number of hydrogen-bond donors (Lipinski definition) is 2. The number of hydrogen-bond acceptors (Lipinski definition) is 3. The highest BCUT2D eigenvalue weighted by atomic mass is 16.5. The zero-order valence-electron chi connectivity index (χ0n) is 9.32. The fourth-order valence-electron chi connectivity index (χ4n) is 1.67. The molecule has 4 nitrogen and oxygen atoms in total. The molecule has 1 heterocycles. The summed E-state index contributed by atoms with van der Waals surface area (Å²) >= 11 is 0. The molecular formula is C12H16N2O2. The van der Waals surface area contributed by atoms with E-state index in [1.54, 1.807) is 0 Å². The first-order chi connectivity index (χ1) is 7.77. The summed E-state index contributed by atoms with van der Waals surface area (Å²) in [6.07, 6.45) is 0. The molecule has 0 radical (unpaired) electrons. The molecule has 1 fully saturated rings. The number of amides is 1. The van der Waals surface area contributed by atoms with Crippen molar-refractivity contribution in [2.75, 3.05) is 25.1 Å². The number of aryl methyl sites for hydroxylation is 1. The molecule has 0 aliphatic carbocycles. The van der Waals surface area contributed by atoms with E-state index in [-0.39, 0.29) is 11.9 Å². The van der Waals surface area contributed by atoms with E-state index in [0.29, 0.717) is 13.2 Å². The molecule has 4 heteroatoms. The average Bonchev–Trinajstić information content (AvgIpc) is 2.33. The van der Waals surface area contributed by atoms with Gasteiger partial charge in [-0.15, -0.1) is 0 Å². The lowest BCUT2D eigenvalue weighted by Gasteiger charge is -2.23. The van der Waals surface area contributed by atoms with Crippen LogP contribution >= 0.6 is 0 Å². The van der Waals surface area contributed by atoms with Crippen LogP contribution in [0.5, 0.6) is 0 Å². The highest BCUT2D eigenvalue weighted by Gasteiger charge is 2.21. The molecule has 1 aromatic carbocycles. The summed E-state index contributed by atoms with van der Waals surface area (Å²) in [5, 5.41) is 6.02. The maximum atomic E-state index is 11.9. The number of nitrogens with one attached hydrogen (secondary N) is 2. The van der Waals surface area contributed by atoms with Crippen molar-refractivity contribution < 1.29 is 9.53 Å². The largest absolute Gasteiger partial charge is 0.378 e. The number of ether oxygens (including phenoxy) is 1. The van der Waals surface area contributed by atoms with Crippen molar-refractivity contribution in [1.82, 2.24) is 5.32 Å². The minimum atomic E-state index is -0.242. The Balaban J connectivity index is 1.99. The molecule has 0 unspecified atom stereocenters. The van der Waals surface area contributed by atoms with E-state index >= 15 is 0 Å². The summed E-state index contributed by atoms with van der Waals surface area (Å²) in [6, 6.07) is 7.49. The molecule has 2 N–H and O–H groups in total. The highest BCUT2D eigenvalue weighted by molar-refractivity contribution is 5.95. The third-order valence-corrected chi connectivity index (χ3v) is 2.64. The van der Waals surface area contributed by atoms with E-state index in [1.807, 2.05) is 31.2 Å². The van der Waals surface area contributed by atoms with Crippen LogP contribution in [0.25, 0.3) is 0 Å². The maximum Gasteiger partial charge on any atom is 0.243 e. The standard InChI is InChI=1S/C12H16N2O2/c1-9-4-2-3-5-10(9)14-12(15)11-8-16-7-6-13-11/h2-5,11,13H,6-8H2,1H3,(H,14,15)/t11-/m0/s1. The SMILES string of the molecule is Cc1ccccc1NC(=O)[C@@H]1COCCN1. The van der Waals surface area contributed by atoms with Gasteiger partial charge in [0.25, 0.3) is 0 Å². The summed E-state index contributed by atoms with van der Waals surface area (Å²) in [5.74, 6) is -0.0333. The van der Waals surface area contributed by atoms with Gasteiger partial charge < -0.3 is 15.4 Å². The van der Waals surface area contributed by atoms with Crippen LogP contribution in [0.2, 0.25) is 0 Å². The minimum Gasteiger partial charge on any atom is -0.378 e. The Bertz CT molecular complexity index is 373. The molecule has 1 aromatic rings. The van der Waals surface area contributed by atoms with Crippen molar-refractivity contribution in [3.63, 3.8) is 0 Å². The topological polar surface area (TPSA) is 50.4 Å². The van der Waals surface area contributed by atoms with Crippen molar-refractivity contribution in [1.29, 1.82) is 0 Å². The van der Waals surface area contributed by atoms with Gasteiger partial charge in [-0.3, -0.25) is 4.79 Å². The van der Waals surface area contributed by atoms with Crippen LogP contribution in [0.4, 0.5) is 5.69 Å². The summed E-state index contributed by atoms with van der Waals surface area (Å²) in [6.45, 7) is 3.82. The van der Waals surface area contributed by atoms with E-state index in [4.69, 9.17) is 4.74 Å². The number of anilines is 1. The Morgan fingerprint density at radius 1 is 1.50 bits per heavy atom. The molecule has 2 rings (SSSR count). The molecule has 1 saturated heterocycles. The monoisotopic (exact) mass is 220 g/mol. The van der Waals surface area contributed by atoms with Gasteiger partial charge in [-0.1, -0.05) is 18.2 Å². The Labute approximate surface area is 95.0 Å². The van der Waals surface area contributed by atoms with Gasteiger partial charge in [0, 0.05) is 12.2 Å². The lowest BCUT2D eigenvalue weighted by atomic mass is 10.2. The first-order valence-electron chi connectivity index (χ1n) is 5.45. The second-order valence-corrected chi connectivity index (χ2v) is 3.89. The zero-order chi connectivity index (χ0) is 11.4. The van der Waals surface area contributed by atoms with E-state index in [1.165, 1.54) is 0 Å². The molecule has 86 valence electrons. The Hall–Kier alpha value is -1.39. The van der Waals surface area contributed by atoms with Crippen LogP contribution in [0.1, 0.15) is 5.56 Å². The van der Waals surface area contributed by atoms with Gasteiger partial charge in [-0.05, 0) is 18.6 Å².